The van der Waals surface area contributed by atoms with Crippen LogP contribution >= 0.6 is 11.3 Å². The molecule has 1 saturated heterocycles. The quantitative estimate of drug-likeness (QED) is 0.560. The van der Waals surface area contributed by atoms with Gasteiger partial charge in [-0.2, -0.15) is 8.78 Å². The van der Waals surface area contributed by atoms with E-state index in [-0.39, 0.29) is 42.2 Å². The van der Waals surface area contributed by atoms with Crippen molar-refractivity contribution in [3.63, 3.8) is 0 Å². The van der Waals surface area contributed by atoms with Gasteiger partial charge in [-0.25, -0.2) is 4.98 Å². The van der Waals surface area contributed by atoms with Crippen LogP contribution in [-0.2, 0) is 9.59 Å². The summed E-state index contributed by atoms with van der Waals surface area (Å²) in [5, 5.41) is 2.63. The fourth-order valence-electron chi connectivity index (χ4n) is 3.76. The zero-order valence-electron chi connectivity index (χ0n) is 17.9. The van der Waals surface area contributed by atoms with Crippen molar-refractivity contribution >= 4 is 28.3 Å². The van der Waals surface area contributed by atoms with E-state index in [1.54, 1.807) is 26.1 Å². The number of hydrogen-bond donors (Lipinski definition) is 0. The van der Waals surface area contributed by atoms with Gasteiger partial charge in [0, 0.05) is 37.2 Å². The number of nitrogens with zero attached hydrogens (tertiary/aromatic N) is 3. The second kappa shape index (κ2) is 9.40. The molecule has 0 spiro atoms. The van der Waals surface area contributed by atoms with E-state index in [1.165, 1.54) is 27.2 Å². The molecule has 1 unspecified atom stereocenters. The highest BCUT2D eigenvalue weighted by Crippen LogP contribution is 2.41. The third kappa shape index (κ3) is 5.01. The summed E-state index contributed by atoms with van der Waals surface area (Å²) in [5.41, 5.74) is 1.81. The fourth-order valence-corrected chi connectivity index (χ4v) is 4.65. The summed E-state index contributed by atoms with van der Waals surface area (Å²) in [4.78, 5) is 32.9. The molecule has 2 fully saturated rings. The smallest absolute Gasteiger partial charge is 0.387 e. The molecule has 2 aliphatic rings. The fraction of sp³-hybridized carbons (Fsp3) is 0.500. The van der Waals surface area contributed by atoms with Crippen LogP contribution in [-0.4, -0.2) is 55.1 Å². The largest absolute Gasteiger partial charge is 0.490 e. The van der Waals surface area contributed by atoms with E-state index in [9.17, 15) is 18.4 Å². The maximum absolute atomic E-state index is 12.8. The van der Waals surface area contributed by atoms with E-state index in [2.05, 4.69) is 9.72 Å². The van der Waals surface area contributed by atoms with Gasteiger partial charge in [0.05, 0.1) is 12.3 Å². The lowest BCUT2D eigenvalue weighted by Gasteiger charge is -2.20. The van der Waals surface area contributed by atoms with Gasteiger partial charge in [-0.15, -0.1) is 11.3 Å². The molecule has 1 atom stereocenters. The molecule has 7 nitrogen and oxygen atoms in total. The molecule has 2 aromatic rings. The van der Waals surface area contributed by atoms with Crippen molar-refractivity contribution in [3.8, 4) is 11.5 Å². The molecule has 1 aliphatic heterocycles. The van der Waals surface area contributed by atoms with E-state index in [1.807, 2.05) is 5.38 Å². The standard InChI is InChI=1S/C22H25F2N3O4S/c1-3-30-18-8-14(6-7-17(18)31-21(23)24)15-9-19(28)27(10-15)11-20(29)26(2)22-25-16(12-32-22)13-4-5-13/h6-8,12-13,15,21H,3-5,9-11H2,1-2H3. The second-order valence-corrected chi connectivity index (χ2v) is 8.81. The van der Waals surface area contributed by atoms with Crippen LogP contribution in [0.4, 0.5) is 13.9 Å². The Hall–Kier alpha value is -2.75. The zero-order valence-corrected chi connectivity index (χ0v) is 18.7. The van der Waals surface area contributed by atoms with E-state index in [4.69, 9.17) is 4.74 Å². The summed E-state index contributed by atoms with van der Waals surface area (Å²) in [6.07, 6.45) is 2.52. The third-order valence-electron chi connectivity index (χ3n) is 5.66. The highest BCUT2D eigenvalue weighted by molar-refractivity contribution is 7.14. The number of alkyl halides is 2. The summed E-state index contributed by atoms with van der Waals surface area (Å²) in [6.45, 7) is -0.583. The molecule has 2 amide bonds. The molecule has 1 aromatic heterocycles. The highest BCUT2D eigenvalue weighted by Gasteiger charge is 2.34. The van der Waals surface area contributed by atoms with Gasteiger partial charge in [-0.05, 0) is 37.5 Å². The molecule has 4 rings (SSSR count). The van der Waals surface area contributed by atoms with Crippen molar-refractivity contribution in [2.75, 3.05) is 31.6 Å². The first-order chi connectivity index (χ1) is 15.4. The Kier molecular flexibility index (Phi) is 6.59. The number of halogens is 2. The molecular weight excluding hydrogens is 440 g/mol. The first kappa shape index (κ1) is 22.4. The minimum absolute atomic E-state index is 0.0327. The van der Waals surface area contributed by atoms with Crippen LogP contribution in [0.1, 0.15) is 49.3 Å². The second-order valence-electron chi connectivity index (χ2n) is 7.97. The lowest BCUT2D eigenvalue weighted by molar-refractivity contribution is -0.132. The van der Waals surface area contributed by atoms with E-state index in [0.29, 0.717) is 24.2 Å². The predicted octanol–water partition coefficient (Wildman–Crippen LogP) is 4.00. The van der Waals surface area contributed by atoms with Gasteiger partial charge in [0.25, 0.3) is 0 Å². The molecule has 172 valence electrons. The molecule has 0 bridgehead atoms. The Morgan fingerprint density at radius 2 is 2.09 bits per heavy atom. The summed E-state index contributed by atoms with van der Waals surface area (Å²) in [7, 11) is 1.67. The first-order valence-electron chi connectivity index (χ1n) is 10.6. The van der Waals surface area contributed by atoms with Crippen molar-refractivity contribution in [2.45, 2.75) is 44.6 Å². The molecule has 1 saturated carbocycles. The lowest BCUT2D eigenvalue weighted by Crippen LogP contribution is -2.39. The number of ether oxygens (including phenoxy) is 2. The van der Waals surface area contributed by atoms with Gasteiger partial charge in [-0.1, -0.05) is 6.07 Å². The van der Waals surface area contributed by atoms with Crippen LogP contribution in [0.3, 0.4) is 0 Å². The molecule has 1 aromatic carbocycles. The predicted molar refractivity (Wildman–Crippen MR) is 116 cm³/mol. The molecule has 0 N–H and O–H groups in total. The van der Waals surface area contributed by atoms with Crippen molar-refractivity contribution in [1.29, 1.82) is 0 Å². The summed E-state index contributed by atoms with van der Waals surface area (Å²) >= 11 is 1.43. The topological polar surface area (TPSA) is 72.0 Å². The van der Waals surface area contributed by atoms with Crippen molar-refractivity contribution in [1.82, 2.24) is 9.88 Å². The molecule has 10 heteroatoms. The highest BCUT2D eigenvalue weighted by atomic mass is 32.1. The van der Waals surface area contributed by atoms with E-state index >= 15 is 0 Å². The van der Waals surface area contributed by atoms with E-state index < -0.39 is 6.61 Å². The number of benzene rings is 1. The first-order valence-corrected chi connectivity index (χ1v) is 11.4. The van der Waals surface area contributed by atoms with Gasteiger partial charge >= 0.3 is 6.61 Å². The monoisotopic (exact) mass is 465 g/mol. The minimum atomic E-state index is -2.95. The van der Waals surface area contributed by atoms with Crippen molar-refractivity contribution in [3.05, 3.63) is 34.8 Å². The minimum Gasteiger partial charge on any atom is -0.490 e. The van der Waals surface area contributed by atoms with Gasteiger partial charge in [-0.3, -0.25) is 14.5 Å². The Morgan fingerprint density at radius 3 is 2.78 bits per heavy atom. The number of thiazole rings is 1. The molecule has 0 radical (unpaired) electrons. The van der Waals surface area contributed by atoms with Crippen LogP contribution < -0.4 is 14.4 Å². The molecule has 32 heavy (non-hydrogen) atoms. The van der Waals surface area contributed by atoms with Gasteiger partial charge < -0.3 is 14.4 Å². The summed E-state index contributed by atoms with van der Waals surface area (Å²) in [6, 6.07) is 4.72. The number of likely N-dealkylation sites (N-methyl/N-ethyl adjacent to an activating group) is 1. The number of aromatic nitrogens is 1. The van der Waals surface area contributed by atoms with Crippen molar-refractivity contribution < 1.29 is 27.8 Å². The van der Waals surface area contributed by atoms with Crippen LogP contribution in [0.15, 0.2) is 23.6 Å². The van der Waals surface area contributed by atoms with Gasteiger partial charge in [0.2, 0.25) is 11.8 Å². The normalized spacial score (nSPS) is 18.3. The van der Waals surface area contributed by atoms with Crippen LogP contribution in [0.2, 0.25) is 0 Å². The Morgan fingerprint density at radius 1 is 1.31 bits per heavy atom. The van der Waals surface area contributed by atoms with Crippen LogP contribution in [0.25, 0.3) is 0 Å². The third-order valence-corrected chi connectivity index (χ3v) is 6.60. The number of anilines is 1. The molecular formula is C22H25F2N3O4S. The Balaban J connectivity index is 1.40. The number of carbonyl (C=O) groups is 2. The van der Waals surface area contributed by atoms with Crippen LogP contribution in [0.5, 0.6) is 11.5 Å². The Labute approximate surface area is 188 Å². The average Bonchev–Trinajstić information content (AvgIpc) is 3.37. The maximum Gasteiger partial charge on any atom is 0.387 e. The number of amides is 2. The number of hydrogen-bond acceptors (Lipinski definition) is 6. The van der Waals surface area contributed by atoms with E-state index in [0.717, 1.165) is 24.1 Å². The number of likely N-dealkylation sites (tertiary alicyclic amines) is 1. The SMILES string of the molecule is CCOc1cc(C2CC(=O)N(CC(=O)N(C)c3nc(C4CC4)cs3)C2)ccc1OC(F)F. The maximum atomic E-state index is 12.8. The number of carbonyl (C=O) groups excluding carboxylic acids is 2. The van der Waals surface area contributed by atoms with Crippen LogP contribution in [0, 0.1) is 0 Å². The van der Waals surface area contributed by atoms with Crippen molar-refractivity contribution in [2.24, 2.45) is 0 Å². The molecule has 1 aliphatic carbocycles. The van der Waals surface area contributed by atoms with Gasteiger partial charge in [0.15, 0.2) is 16.6 Å². The summed E-state index contributed by atoms with van der Waals surface area (Å²) < 4.78 is 35.2. The Bertz CT molecular complexity index is 995. The zero-order chi connectivity index (χ0) is 22.8. The summed E-state index contributed by atoms with van der Waals surface area (Å²) in [5.74, 6) is 0.192. The van der Waals surface area contributed by atoms with Gasteiger partial charge in [0.1, 0.15) is 6.54 Å². The lowest BCUT2D eigenvalue weighted by atomic mass is 9.98. The molecule has 2 heterocycles. The number of rotatable bonds is 9. The average molecular weight is 466 g/mol.